The van der Waals surface area contributed by atoms with E-state index in [1.807, 2.05) is 48.5 Å². The molecule has 2 bridgehead atoms. The topological polar surface area (TPSA) is 100 Å². The molecule has 4 atom stereocenters. The fourth-order valence-electron chi connectivity index (χ4n) is 7.26. The Bertz CT molecular complexity index is 1460. The Morgan fingerprint density at radius 2 is 1.86 bits per heavy atom. The number of carbonyl (C=O) groups is 2. The number of fused-ring (bicyclic) bond motifs is 8. The molecule has 44 heavy (non-hydrogen) atoms. The van der Waals surface area contributed by atoms with Crippen LogP contribution in [-0.2, 0) is 17.7 Å². The van der Waals surface area contributed by atoms with E-state index in [9.17, 15) is 19.8 Å². The van der Waals surface area contributed by atoms with Crippen LogP contribution in [0.5, 0.6) is 0 Å². The molecule has 234 valence electrons. The molecule has 0 radical (unpaired) electrons. The lowest BCUT2D eigenvalue weighted by molar-refractivity contribution is -0.0821. The minimum absolute atomic E-state index is 0.113. The van der Waals surface area contributed by atoms with E-state index in [1.54, 1.807) is 24.0 Å². The van der Waals surface area contributed by atoms with Crippen molar-refractivity contribution in [3.05, 3.63) is 107 Å². The summed E-state index contributed by atoms with van der Waals surface area (Å²) in [6, 6.07) is 19.0. The van der Waals surface area contributed by atoms with Gasteiger partial charge < -0.3 is 24.3 Å². The number of furan rings is 1. The third-order valence-electron chi connectivity index (χ3n) is 9.86. The molecule has 6 rings (SSSR count). The predicted molar refractivity (Wildman–Crippen MR) is 169 cm³/mol. The Balaban J connectivity index is 1.58. The van der Waals surface area contributed by atoms with Gasteiger partial charge in [-0.3, -0.25) is 4.79 Å². The van der Waals surface area contributed by atoms with Crippen molar-refractivity contribution in [2.75, 3.05) is 13.2 Å². The average Bonchev–Trinajstić information content (AvgIpc) is 3.63. The first-order chi connectivity index (χ1) is 21.1. The maximum absolute atomic E-state index is 13.9. The molecule has 1 aromatic heterocycles. The lowest BCUT2D eigenvalue weighted by Crippen LogP contribution is -2.53. The molecule has 0 spiro atoms. The zero-order valence-corrected chi connectivity index (χ0v) is 26.1. The lowest BCUT2D eigenvalue weighted by atomic mass is 9.64. The third-order valence-corrected chi connectivity index (χ3v) is 9.86. The van der Waals surface area contributed by atoms with E-state index in [-0.39, 0.29) is 30.6 Å². The van der Waals surface area contributed by atoms with Crippen LogP contribution in [-0.4, -0.2) is 51.8 Å². The van der Waals surface area contributed by atoms with E-state index < -0.39 is 23.2 Å². The van der Waals surface area contributed by atoms with Gasteiger partial charge in [0.25, 0.3) is 0 Å². The third kappa shape index (κ3) is 6.69. The molecule has 1 saturated carbocycles. The minimum Gasteiger partial charge on any atom is -0.461 e. The maximum Gasteiger partial charge on any atom is 0.410 e. The largest absolute Gasteiger partial charge is 0.461 e. The summed E-state index contributed by atoms with van der Waals surface area (Å²) in [6.07, 6.45) is 7.10. The average molecular weight is 600 g/mol. The molecule has 1 amide bonds. The van der Waals surface area contributed by atoms with Crippen LogP contribution in [0.25, 0.3) is 0 Å². The van der Waals surface area contributed by atoms with Gasteiger partial charge in [0.15, 0.2) is 5.76 Å². The van der Waals surface area contributed by atoms with Crippen LogP contribution >= 0.6 is 0 Å². The van der Waals surface area contributed by atoms with Crippen molar-refractivity contribution in [1.82, 2.24) is 4.90 Å². The minimum atomic E-state index is -1.24. The smallest absolute Gasteiger partial charge is 0.410 e. The van der Waals surface area contributed by atoms with Crippen molar-refractivity contribution in [3.8, 4) is 0 Å². The second-order valence-electron chi connectivity index (χ2n) is 12.8. The first-order valence-corrected chi connectivity index (χ1v) is 15.9. The number of amides is 1. The number of nitrogens with zero attached hydrogens (tertiary/aromatic N) is 1. The highest BCUT2D eigenvalue weighted by atomic mass is 16.6. The molecule has 7 nitrogen and oxygen atoms in total. The van der Waals surface area contributed by atoms with Crippen molar-refractivity contribution >= 4 is 11.9 Å². The monoisotopic (exact) mass is 599 g/mol. The van der Waals surface area contributed by atoms with Crippen molar-refractivity contribution < 1.29 is 29.0 Å². The van der Waals surface area contributed by atoms with Gasteiger partial charge in [0.1, 0.15) is 0 Å². The van der Waals surface area contributed by atoms with E-state index in [4.69, 9.17) is 9.15 Å². The van der Waals surface area contributed by atoms with Gasteiger partial charge in [0.2, 0.25) is 5.78 Å². The number of benzene rings is 2. The molecule has 3 aliphatic rings. The van der Waals surface area contributed by atoms with Crippen LogP contribution in [0.1, 0.15) is 98.0 Å². The van der Waals surface area contributed by atoms with Gasteiger partial charge >= 0.3 is 6.09 Å². The molecule has 0 aliphatic heterocycles. The van der Waals surface area contributed by atoms with Gasteiger partial charge in [-0.25, -0.2) is 4.79 Å². The molecule has 3 aromatic rings. The van der Waals surface area contributed by atoms with Crippen LogP contribution in [0.15, 0.2) is 83.0 Å². The summed E-state index contributed by atoms with van der Waals surface area (Å²) in [4.78, 5) is 28.8. The van der Waals surface area contributed by atoms with Gasteiger partial charge in [-0.05, 0) is 99.6 Å². The molecular weight excluding hydrogens is 554 g/mol. The quantitative estimate of drug-likeness (QED) is 0.220. The molecule has 7 heteroatoms. The highest BCUT2D eigenvalue weighted by Gasteiger charge is 2.57. The van der Waals surface area contributed by atoms with Crippen LogP contribution in [0.3, 0.4) is 0 Å². The second kappa shape index (κ2) is 13.5. The molecular formula is C37H45NO6. The van der Waals surface area contributed by atoms with Gasteiger partial charge in [-0.15, -0.1) is 0 Å². The maximum atomic E-state index is 13.9. The van der Waals surface area contributed by atoms with E-state index in [0.717, 1.165) is 29.5 Å². The normalized spacial score (nSPS) is 25.5. The fraction of sp³-hybridized carbons (Fsp3) is 0.459. The number of ether oxygens (including phenoxy) is 1. The summed E-state index contributed by atoms with van der Waals surface area (Å²) >= 11 is 0. The SMILES string of the molecule is CCOC(=O)N(Cc1ccccc1)CC1(O)CCC2c3ccc(cc3C(=O)c3ccco3)CC(O)CCC(C)=CCCC21C. The Kier molecular flexibility index (Phi) is 9.76. The Labute approximate surface area is 260 Å². The molecule has 4 unspecified atom stereocenters. The van der Waals surface area contributed by atoms with Gasteiger partial charge in [-0.2, -0.15) is 0 Å². The summed E-state index contributed by atoms with van der Waals surface area (Å²) in [5.74, 6) is -0.105. The molecule has 2 aromatic carbocycles. The van der Waals surface area contributed by atoms with E-state index in [2.05, 4.69) is 19.9 Å². The molecule has 1 heterocycles. The standard InChI is InChI=1S/C37H45NO6/c1-4-43-35(41)38(24-27-11-6-5-7-12-27)25-37(42)20-18-32-30-17-15-28(23-31(30)34(40)33-13-9-21-44-33)22-29(39)16-14-26(2)10-8-19-36(32,37)3/h5-7,9-13,15,17,21,23,29,32,39,42H,4,8,14,16,18-20,22,24-25H2,1-3H3. The van der Waals surface area contributed by atoms with Crippen molar-refractivity contribution in [1.29, 1.82) is 0 Å². The number of aliphatic hydroxyl groups excluding tert-OH is 1. The molecule has 3 aliphatic carbocycles. The van der Waals surface area contributed by atoms with E-state index in [1.165, 1.54) is 11.8 Å². The highest BCUT2D eigenvalue weighted by Crippen LogP contribution is 2.59. The number of rotatable bonds is 7. The first kappa shape index (κ1) is 31.7. The van der Waals surface area contributed by atoms with Crippen molar-refractivity contribution in [2.45, 2.75) is 89.9 Å². The van der Waals surface area contributed by atoms with E-state index >= 15 is 0 Å². The molecule has 1 fully saturated rings. The number of ketones is 1. The van der Waals surface area contributed by atoms with Crippen LogP contribution in [0, 0.1) is 5.41 Å². The molecule has 0 saturated heterocycles. The van der Waals surface area contributed by atoms with Crippen LogP contribution in [0.4, 0.5) is 4.79 Å². The van der Waals surface area contributed by atoms with Crippen LogP contribution < -0.4 is 0 Å². The zero-order chi connectivity index (χ0) is 31.3. The number of aliphatic hydroxyl groups is 2. The first-order valence-electron chi connectivity index (χ1n) is 15.9. The Morgan fingerprint density at radius 3 is 2.59 bits per heavy atom. The summed E-state index contributed by atoms with van der Waals surface area (Å²) < 4.78 is 11.0. The Hall–Kier alpha value is -3.68. The summed E-state index contributed by atoms with van der Waals surface area (Å²) in [7, 11) is 0. The molecule has 2 N–H and O–H groups in total. The summed E-state index contributed by atoms with van der Waals surface area (Å²) in [5.41, 5.74) is 2.56. The number of carbonyl (C=O) groups excluding carboxylic acids is 2. The van der Waals surface area contributed by atoms with Crippen molar-refractivity contribution in [2.24, 2.45) is 5.41 Å². The Morgan fingerprint density at radius 1 is 1.07 bits per heavy atom. The fourth-order valence-corrected chi connectivity index (χ4v) is 7.26. The predicted octanol–water partition coefficient (Wildman–Crippen LogP) is 7.21. The van der Waals surface area contributed by atoms with E-state index in [0.29, 0.717) is 44.2 Å². The van der Waals surface area contributed by atoms with Crippen LogP contribution in [0.2, 0.25) is 0 Å². The number of hydrogen-bond acceptors (Lipinski definition) is 6. The summed E-state index contributed by atoms with van der Waals surface area (Å²) in [6.45, 7) is 6.67. The summed E-state index contributed by atoms with van der Waals surface area (Å²) in [5, 5.41) is 23.5. The second-order valence-corrected chi connectivity index (χ2v) is 12.8. The van der Waals surface area contributed by atoms with Crippen molar-refractivity contribution in [3.63, 3.8) is 0 Å². The van der Waals surface area contributed by atoms with Gasteiger partial charge in [0, 0.05) is 17.5 Å². The number of hydrogen-bond donors (Lipinski definition) is 2. The van der Waals surface area contributed by atoms with Gasteiger partial charge in [0.05, 0.1) is 31.1 Å². The zero-order valence-electron chi connectivity index (χ0n) is 26.1. The number of allylic oxidation sites excluding steroid dienone is 2. The van der Waals surface area contributed by atoms with Gasteiger partial charge in [-0.1, -0.05) is 61.0 Å². The highest BCUT2D eigenvalue weighted by molar-refractivity contribution is 6.08. The lowest BCUT2D eigenvalue weighted by Gasteiger charge is -2.46.